The van der Waals surface area contributed by atoms with Gasteiger partial charge < -0.3 is 19.3 Å². The molecule has 1 aromatic carbocycles. The van der Waals surface area contributed by atoms with Crippen LogP contribution in [0.25, 0.3) is 0 Å². The van der Waals surface area contributed by atoms with E-state index in [-0.39, 0.29) is 24.1 Å². The van der Waals surface area contributed by atoms with Gasteiger partial charge >= 0.3 is 0 Å². The smallest absolute Gasteiger partial charge is 0.249 e. The van der Waals surface area contributed by atoms with E-state index in [4.69, 9.17) is 9.47 Å². The molecule has 7 nitrogen and oxygen atoms in total. The summed E-state index contributed by atoms with van der Waals surface area (Å²) >= 11 is 0. The minimum absolute atomic E-state index is 0.121. The number of carbonyl (C=O) groups excluding carboxylic acids is 2. The highest BCUT2D eigenvalue weighted by atomic mass is 16.7. The molecule has 28 heavy (non-hydrogen) atoms. The standard InChI is InChI=1S/C21H29N3O4/c1-27-21(28-2)14-7-10-23(11-8-14)16-3-4-17-15(13-16)9-12-24(17)18-5-6-19(25)22-20(18)26/h3-4,13-14,18,21H,5-12H2,1-2H3,(H,22,25,26). The summed E-state index contributed by atoms with van der Waals surface area (Å²) in [7, 11) is 3.41. The van der Waals surface area contributed by atoms with E-state index in [9.17, 15) is 9.59 Å². The molecule has 7 heteroatoms. The summed E-state index contributed by atoms with van der Waals surface area (Å²) in [6, 6.07) is 6.33. The fourth-order valence-corrected chi connectivity index (χ4v) is 4.82. The topological polar surface area (TPSA) is 71.1 Å². The summed E-state index contributed by atoms with van der Waals surface area (Å²) in [5, 5.41) is 2.47. The van der Waals surface area contributed by atoms with Gasteiger partial charge in [0.1, 0.15) is 6.04 Å². The van der Waals surface area contributed by atoms with Crippen LogP contribution in [0.1, 0.15) is 31.2 Å². The van der Waals surface area contributed by atoms with Crippen molar-refractivity contribution in [1.82, 2.24) is 5.32 Å². The molecule has 2 amide bonds. The second-order valence-electron chi connectivity index (χ2n) is 7.89. The number of hydrogen-bond acceptors (Lipinski definition) is 6. The van der Waals surface area contributed by atoms with Crippen molar-refractivity contribution in [2.24, 2.45) is 5.92 Å². The normalized spacial score (nSPS) is 23.3. The Balaban J connectivity index is 1.43. The zero-order valence-corrected chi connectivity index (χ0v) is 16.6. The number of nitrogens with one attached hydrogen (secondary N) is 1. The molecule has 0 radical (unpaired) electrons. The molecule has 0 aliphatic carbocycles. The first-order valence-electron chi connectivity index (χ1n) is 10.1. The van der Waals surface area contributed by atoms with Crippen molar-refractivity contribution < 1.29 is 19.1 Å². The van der Waals surface area contributed by atoms with E-state index in [1.807, 2.05) is 0 Å². The van der Waals surface area contributed by atoms with E-state index in [0.717, 1.165) is 44.6 Å². The van der Waals surface area contributed by atoms with Crippen molar-refractivity contribution in [1.29, 1.82) is 0 Å². The molecule has 1 N–H and O–H groups in total. The van der Waals surface area contributed by atoms with Gasteiger partial charge in [0.15, 0.2) is 6.29 Å². The number of methoxy groups -OCH3 is 2. The first-order chi connectivity index (χ1) is 13.6. The van der Waals surface area contributed by atoms with Crippen LogP contribution in [0.4, 0.5) is 11.4 Å². The number of piperidine rings is 2. The molecule has 4 rings (SSSR count). The molecule has 3 heterocycles. The summed E-state index contributed by atoms with van der Waals surface area (Å²) in [5.41, 5.74) is 3.66. The monoisotopic (exact) mass is 387 g/mol. The average Bonchev–Trinajstić information content (AvgIpc) is 3.12. The van der Waals surface area contributed by atoms with Crippen molar-refractivity contribution in [3.05, 3.63) is 23.8 Å². The molecule has 0 bridgehead atoms. The number of anilines is 2. The van der Waals surface area contributed by atoms with Gasteiger partial charge in [0, 0.05) is 57.6 Å². The highest BCUT2D eigenvalue weighted by Crippen LogP contribution is 2.35. The van der Waals surface area contributed by atoms with Crippen molar-refractivity contribution in [3.63, 3.8) is 0 Å². The van der Waals surface area contributed by atoms with Crippen LogP contribution in [0.2, 0.25) is 0 Å². The minimum atomic E-state index is -0.236. The van der Waals surface area contributed by atoms with Crippen LogP contribution < -0.4 is 15.1 Å². The molecule has 3 aliphatic rings. The summed E-state index contributed by atoms with van der Waals surface area (Å²) in [6.45, 7) is 2.81. The highest BCUT2D eigenvalue weighted by Gasteiger charge is 2.35. The fraction of sp³-hybridized carbons (Fsp3) is 0.619. The van der Waals surface area contributed by atoms with Crippen LogP contribution in [-0.4, -0.2) is 58.0 Å². The average molecular weight is 387 g/mol. The van der Waals surface area contributed by atoms with Gasteiger partial charge in [-0.05, 0) is 49.4 Å². The second-order valence-corrected chi connectivity index (χ2v) is 7.89. The largest absolute Gasteiger partial charge is 0.371 e. The summed E-state index contributed by atoms with van der Waals surface area (Å²) in [4.78, 5) is 28.3. The van der Waals surface area contributed by atoms with Crippen LogP contribution >= 0.6 is 0 Å². The summed E-state index contributed by atoms with van der Waals surface area (Å²) in [6.07, 6.45) is 3.92. The minimum Gasteiger partial charge on any atom is -0.371 e. The Hall–Kier alpha value is -2.12. The lowest BCUT2D eigenvalue weighted by molar-refractivity contribution is -0.141. The molecule has 1 atom stereocenters. The molecule has 3 aliphatic heterocycles. The molecule has 2 fully saturated rings. The zero-order valence-electron chi connectivity index (χ0n) is 16.6. The maximum absolute atomic E-state index is 12.2. The Morgan fingerprint density at radius 3 is 2.46 bits per heavy atom. The van der Waals surface area contributed by atoms with Crippen LogP contribution in [-0.2, 0) is 25.5 Å². The van der Waals surface area contributed by atoms with Crippen molar-refractivity contribution >= 4 is 23.2 Å². The number of fused-ring (bicyclic) bond motifs is 1. The van der Waals surface area contributed by atoms with Gasteiger partial charge in [-0.25, -0.2) is 0 Å². The predicted octanol–water partition coefficient (Wildman–Crippen LogP) is 1.69. The molecule has 1 aromatic rings. The molecular formula is C21H29N3O4. The van der Waals surface area contributed by atoms with Crippen molar-refractivity contribution in [2.75, 3.05) is 43.7 Å². The molecule has 152 valence electrons. The second kappa shape index (κ2) is 8.09. The molecule has 2 saturated heterocycles. The van der Waals surface area contributed by atoms with Crippen molar-refractivity contribution in [2.45, 2.75) is 44.4 Å². The Kier molecular flexibility index (Phi) is 5.55. The fourth-order valence-electron chi connectivity index (χ4n) is 4.82. The van der Waals surface area contributed by atoms with E-state index in [0.29, 0.717) is 18.8 Å². The van der Waals surface area contributed by atoms with E-state index >= 15 is 0 Å². The predicted molar refractivity (Wildman–Crippen MR) is 106 cm³/mol. The molecular weight excluding hydrogens is 358 g/mol. The molecule has 0 saturated carbocycles. The number of amides is 2. The van der Waals surface area contributed by atoms with Crippen LogP contribution in [0.3, 0.4) is 0 Å². The van der Waals surface area contributed by atoms with Crippen LogP contribution in [0.15, 0.2) is 18.2 Å². The number of rotatable bonds is 5. The Morgan fingerprint density at radius 1 is 1.04 bits per heavy atom. The Labute approximate surface area is 166 Å². The summed E-state index contributed by atoms with van der Waals surface area (Å²) in [5.74, 6) is 0.105. The maximum atomic E-state index is 12.2. The van der Waals surface area contributed by atoms with E-state index in [1.54, 1.807) is 14.2 Å². The third kappa shape index (κ3) is 3.61. The molecule has 0 aromatic heterocycles. The first-order valence-corrected chi connectivity index (χ1v) is 10.1. The van der Waals surface area contributed by atoms with E-state index in [2.05, 4.69) is 33.3 Å². The third-order valence-corrected chi connectivity index (χ3v) is 6.34. The zero-order chi connectivity index (χ0) is 19.7. The lowest BCUT2D eigenvalue weighted by Gasteiger charge is -2.36. The summed E-state index contributed by atoms with van der Waals surface area (Å²) < 4.78 is 10.9. The lowest BCUT2D eigenvalue weighted by atomic mass is 9.95. The van der Waals surface area contributed by atoms with Gasteiger partial charge in [-0.15, -0.1) is 0 Å². The van der Waals surface area contributed by atoms with Gasteiger partial charge in [-0.3, -0.25) is 14.9 Å². The van der Waals surface area contributed by atoms with Gasteiger partial charge in [0.25, 0.3) is 0 Å². The Morgan fingerprint density at radius 2 is 1.79 bits per heavy atom. The number of nitrogens with zero attached hydrogens (tertiary/aromatic N) is 2. The maximum Gasteiger partial charge on any atom is 0.249 e. The van der Waals surface area contributed by atoms with E-state index < -0.39 is 0 Å². The number of benzene rings is 1. The van der Waals surface area contributed by atoms with Crippen LogP contribution in [0, 0.1) is 5.92 Å². The van der Waals surface area contributed by atoms with Crippen molar-refractivity contribution in [3.8, 4) is 0 Å². The number of hydrogen-bond donors (Lipinski definition) is 1. The first kappa shape index (κ1) is 19.2. The quantitative estimate of drug-likeness (QED) is 0.612. The third-order valence-electron chi connectivity index (χ3n) is 6.34. The van der Waals surface area contributed by atoms with Gasteiger partial charge in [0.2, 0.25) is 11.8 Å². The highest BCUT2D eigenvalue weighted by molar-refractivity contribution is 6.02. The molecule has 0 spiro atoms. The Bertz CT molecular complexity index is 741. The van der Waals surface area contributed by atoms with Gasteiger partial charge in [-0.2, -0.15) is 0 Å². The SMILES string of the molecule is COC(OC)C1CCN(c2ccc3c(c2)CCN3C2CCC(=O)NC2=O)CC1. The van der Waals surface area contributed by atoms with E-state index in [1.165, 1.54) is 11.3 Å². The van der Waals surface area contributed by atoms with Gasteiger partial charge in [0.05, 0.1) is 0 Å². The molecule has 1 unspecified atom stereocenters. The number of carbonyl (C=O) groups is 2. The number of imide groups is 1. The van der Waals surface area contributed by atoms with Crippen LogP contribution in [0.5, 0.6) is 0 Å². The lowest BCUT2D eigenvalue weighted by Crippen LogP contribution is -2.52. The van der Waals surface area contributed by atoms with Gasteiger partial charge in [-0.1, -0.05) is 0 Å². The number of ether oxygens (including phenoxy) is 2.